The van der Waals surface area contributed by atoms with Crippen LogP contribution < -0.4 is 4.74 Å². The van der Waals surface area contributed by atoms with E-state index in [2.05, 4.69) is 0 Å². The number of methoxy groups -OCH3 is 1. The number of carbonyl (C=O) groups excluding carboxylic acids is 1. The zero-order valence-electron chi connectivity index (χ0n) is 11.5. The summed E-state index contributed by atoms with van der Waals surface area (Å²) >= 11 is 0. The number of fused-ring (bicyclic) bond motifs is 1. The van der Waals surface area contributed by atoms with Crippen molar-refractivity contribution in [3.8, 4) is 5.75 Å². The van der Waals surface area contributed by atoms with Gasteiger partial charge in [-0.2, -0.15) is 0 Å². The largest absolute Gasteiger partial charge is 0.490 e. The standard InChI is InChI=1S/C16H18O4/c1-18-8-9-19-10-11-20-16-7-6-13-4-2-3-5-14(13)15(16)12-17/h2-7,12H,8-11H2,1H3. The minimum absolute atomic E-state index is 0.406. The van der Waals surface area contributed by atoms with Gasteiger partial charge in [0.25, 0.3) is 0 Å². The monoisotopic (exact) mass is 274 g/mol. The van der Waals surface area contributed by atoms with Crippen LogP contribution >= 0.6 is 0 Å². The molecule has 2 aromatic rings. The van der Waals surface area contributed by atoms with Crippen molar-refractivity contribution < 1.29 is 19.0 Å². The number of aldehydes is 1. The number of carbonyl (C=O) groups is 1. The molecular weight excluding hydrogens is 256 g/mol. The van der Waals surface area contributed by atoms with E-state index in [1.165, 1.54) is 0 Å². The van der Waals surface area contributed by atoms with Gasteiger partial charge in [-0.3, -0.25) is 4.79 Å². The second kappa shape index (κ2) is 7.62. The molecule has 0 heterocycles. The number of hydrogen-bond donors (Lipinski definition) is 0. The van der Waals surface area contributed by atoms with Crippen LogP contribution in [-0.4, -0.2) is 39.8 Å². The number of rotatable bonds is 8. The first-order valence-corrected chi connectivity index (χ1v) is 6.53. The van der Waals surface area contributed by atoms with Crippen LogP contribution in [0.25, 0.3) is 10.8 Å². The predicted octanol–water partition coefficient (Wildman–Crippen LogP) is 2.69. The smallest absolute Gasteiger partial charge is 0.154 e. The molecule has 0 radical (unpaired) electrons. The molecule has 0 aliphatic heterocycles. The van der Waals surface area contributed by atoms with Gasteiger partial charge in [-0.05, 0) is 16.8 Å². The van der Waals surface area contributed by atoms with E-state index in [9.17, 15) is 4.79 Å². The van der Waals surface area contributed by atoms with Crippen molar-refractivity contribution in [2.75, 3.05) is 33.5 Å². The molecular formula is C16H18O4. The van der Waals surface area contributed by atoms with Crippen LogP contribution in [0, 0.1) is 0 Å². The lowest BCUT2D eigenvalue weighted by Gasteiger charge is -2.11. The minimum atomic E-state index is 0.406. The van der Waals surface area contributed by atoms with Gasteiger partial charge >= 0.3 is 0 Å². The molecule has 4 nitrogen and oxygen atoms in total. The summed E-state index contributed by atoms with van der Waals surface area (Å²) in [6.07, 6.45) is 0.837. The molecule has 0 fully saturated rings. The van der Waals surface area contributed by atoms with E-state index in [1.807, 2.05) is 36.4 Å². The van der Waals surface area contributed by atoms with E-state index < -0.39 is 0 Å². The Balaban J connectivity index is 2.01. The summed E-state index contributed by atoms with van der Waals surface area (Å²) in [5, 5.41) is 1.93. The molecule has 2 rings (SSSR count). The molecule has 0 aromatic heterocycles. The van der Waals surface area contributed by atoms with E-state index in [1.54, 1.807) is 7.11 Å². The first-order valence-electron chi connectivity index (χ1n) is 6.53. The molecule has 0 saturated carbocycles. The number of ether oxygens (including phenoxy) is 3. The van der Waals surface area contributed by atoms with Gasteiger partial charge in [-0.25, -0.2) is 0 Å². The average Bonchev–Trinajstić information content (AvgIpc) is 2.50. The minimum Gasteiger partial charge on any atom is -0.490 e. The van der Waals surface area contributed by atoms with Gasteiger partial charge in [0.1, 0.15) is 12.4 Å². The molecule has 0 amide bonds. The van der Waals surface area contributed by atoms with Crippen molar-refractivity contribution in [3.63, 3.8) is 0 Å². The molecule has 0 spiro atoms. The second-order valence-corrected chi connectivity index (χ2v) is 4.27. The fourth-order valence-electron chi connectivity index (χ4n) is 1.98. The first-order chi connectivity index (χ1) is 9.86. The third-order valence-electron chi connectivity index (χ3n) is 2.97. The lowest BCUT2D eigenvalue weighted by Crippen LogP contribution is -2.10. The lowest BCUT2D eigenvalue weighted by molar-refractivity contribution is 0.0543. The van der Waals surface area contributed by atoms with E-state index >= 15 is 0 Å². The molecule has 0 unspecified atom stereocenters. The highest BCUT2D eigenvalue weighted by Crippen LogP contribution is 2.26. The summed E-state index contributed by atoms with van der Waals surface area (Å²) in [5.74, 6) is 0.592. The Morgan fingerprint density at radius 1 is 1.00 bits per heavy atom. The first kappa shape index (κ1) is 14.5. The van der Waals surface area contributed by atoms with Crippen LogP contribution in [0.4, 0.5) is 0 Å². The zero-order valence-corrected chi connectivity index (χ0v) is 11.5. The van der Waals surface area contributed by atoms with E-state index in [0.717, 1.165) is 17.1 Å². The summed E-state index contributed by atoms with van der Waals surface area (Å²) in [6, 6.07) is 11.5. The Bertz CT molecular complexity index is 565. The van der Waals surface area contributed by atoms with Crippen molar-refractivity contribution in [3.05, 3.63) is 42.0 Å². The highest BCUT2D eigenvalue weighted by Gasteiger charge is 2.07. The van der Waals surface area contributed by atoms with Gasteiger partial charge in [0.05, 0.1) is 25.4 Å². The molecule has 0 bridgehead atoms. The molecule has 0 aliphatic carbocycles. The van der Waals surface area contributed by atoms with Crippen LogP contribution in [0.2, 0.25) is 0 Å². The van der Waals surface area contributed by atoms with Gasteiger partial charge in [-0.15, -0.1) is 0 Å². The van der Waals surface area contributed by atoms with Crippen LogP contribution in [0.5, 0.6) is 5.75 Å². The summed E-state index contributed by atoms with van der Waals surface area (Å²) in [6.45, 7) is 1.98. The van der Waals surface area contributed by atoms with Gasteiger partial charge in [0.2, 0.25) is 0 Å². The summed E-state index contributed by atoms with van der Waals surface area (Å²) in [7, 11) is 1.63. The normalized spacial score (nSPS) is 10.7. The summed E-state index contributed by atoms with van der Waals surface area (Å²) < 4.78 is 15.8. The SMILES string of the molecule is COCCOCCOc1ccc2ccccc2c1C=O. The fraction of sp³-hybridized carbons (Fsp3) is 0.312. The van der Waals surface area contributed by atoms with Gasteiger partial charge in [-0.1, -0.05) is 30.3 Å². The molecule has 0 N–H and O–H groups in total. The van der Waals surface area contributed by atoms with Gasteiger partial charge in [0.15, 0.2) is 6.29 Å². The lowest BCUT2D eigenvalue weighted by atomic mass is 10.0. The highest BCUT2D eigenvalue weighted by molar-refractivity contribution is 6.00. The Kier molecular flexibility index (Phi) is 5.53. The third-order valence-corrected chi connectivity index (χ3v) is 2.97. The molecule has 0 aliphatic rings. The number of benzene rings is 2. The van der Waals surface area contributed by atoms with Crippen molar-refractivity contribution in [2.45, 2.75) is 0 Å². The molecule has 106 valence electrons. The van der Waals surface area contributed by atoms with Crippen LogP contribution in [0.3, 0.4) is 0 Å². The van der Waals surface area contributed by atoms with E-state index in [-0.39, 0.29) is 0 Å². The second-order valence-electron chi connectivity index (χ2n) is 4.27. The maximum Gasteiger partial charge on any atom is 0.154 e. The summed E-state index contributed by atoms with van der Waals surface area (Å²) in [5.41, 5.74) is 0.583. The fourth-order valence-corrected chi connectivity index (χ4v) is 1.98. The molecule has 0 saturated heterocycles. The average molecular weight is 274 g/mol. The molecule has 4 heteroatoms. The number of hydrogen-bond acceptors (Lipinski definition) is 4. The highest BCUT2D eigenvalue weighted by atomic mass is 16.5. The van der Waals surface area contributed by atoms with Gasteiger partial charge in [0, 0.05) is 7.11 Å². The Labute approximate surface area is 118 Å². The Morgan fingerprint density at radius 3 is 2.60 bits per heavy atom. The van der Waals surface area contributed by atoms with E-state index in [0.29, 0.717) is 37.7 Å². The maximum absolute atomic E-state index is 11.3. The van der Waals surface area contributed by atoms with Crippen molar-refractivity contribution in [2.24, 2.45) is 0 Å². The van der Waals surface area contributed by atoms with Crippen molar-refractivity contribution >= 4 is 17.1 Å². The quantitative estimate of drug-likeness (QED) is 0.548. The molecule has 0 atom stereocenters. The van der Waals surface area contributed by atoms with E-state index in [4.69, 9.17) is 14.2 Å². The third kappa shape index (κ3) is 3.56. The Hall–Kier alpha value is -1.91. The van der Waals surface area contributed by atoms with Crippen LogP contribution in [-0.2, 0) is 9.47 Å². The molecule has 20 heavy (non-hydrogen) atoms. The van der Waals surface area contributed by atoms with Crippen molar-refractivity contribution in [1.29, 1.82) is 0 Å². The zero-order chi connectivity index (χ0) is 14.2. The predicted molar refractivity (Wildman–Crippen MR) is 77.5 cm³/mol. The van der Waals surface area contributed by atoms with Crippen LogP contribution in [0.1, 0.15) is 10.4 Å². The topological polar surface area (TPSA) is 44.8 Å². The summed E-state index contributed by atoms with van der Waals surface area (Å²) in [4.78, 5) is 11.3. The molecule has 2 aromatic carbocycles. The van der Waals surface area contributed by atoms with Crippen molar-refractivity contribution in [1.82, 2.24) is 0 Å². The Morgan fingerprint density at radius 2 is 1.80 bits per heavy atom. The van der Waals surface area contributed by atoms with Gasteiger partial charge < -0.3 is 14.2 Å². The van der Waals surface area contributed by atoms with Crippen LogP contribution in [0.15, 0.2) is 36.4 Å². The maximum atomic E-state index is 11.3.